The molecule has 1 unspecified atom stereocenters. The fraction of sp³-hybridized carbons (Fsp3) is 0.458. The van der Waals surface area contributed by atoms with Crippen molar-refractivity contribution >= 4 is 17.8 Å². The van der Waals surface area contributed by atoms with Crippen molar-refractivity contribution in [3.63, 3.8) is 0 Å². The molecular formula is C24H28F3N5O. The molecule has 0 bridgehead atoms. The molecule has 2 N–H and O–H groups in total. The van der Waals surface area contributed by atoms with Gasteiger partial charge in [-0.15, -0.1) is 10.2 Å². The van der Waals surface area contributed by atoms with Crippen molar-refractivity contribution in [1.29, 1.82) is 0 Å². The molecule has 176 valence electrons. The Morgan fingerprint density at radius 2 is 1.88 bits per heavy atom. The molecule has 2 aromatic rings. The molecule has 1 amide bonds. The lowest BCUT2D eigenvalue weighted by Crippen LogP contribution is -2.41. The van der Waals surface area contributed by atoms with E-state index >= 15 is 0 Å². The molecule has 9 heteroatoms. The Kier molecular flexibility index (Phi) is 6.97. The second kappa shape index (κ2) is 9.91. The summed E-state index contributed by atoms with van der Waals surface area (Å²) in [5.74, 6) is 1.04. The van der Waals surface area contributed by atoms with E-state index in [2.05, 4.69) is 20.8 Å². The van der Waals surface area contributed by atoms with Crippen molar-refractivity contribution in [2.45, 2.75) is 37.9 Å². The average Bonchev–Trinajstić information content (AvgIpc) is 3.65. The molecule has 1 atom stereocenters. The number of anilines is 1. The first-order valence-corrected chi connectivity index (χ1v) is 11.2. The Labute approximate surface area is 191 Å². The lowest BCUT2D eigenvalue weighted by Gasteiger charge is -2.29. The molecule has 1 aliphatic carbocycles. The monoisotopic (exact) mass is 459 g/mol. The van der Waals surface area contributed by atoms with Crippen LogP contribution in [0.3, 0.4) is 0 Å². The third-order valence-electron chi connectivity index (χ3n) is 6.28. The maximum absolute atomic E-state index is 13.2. The molecule has 1 saturated carbocycles. The van der Waals surface area contributed by atoms with Crippen LogP contribution in [0.1, 0.15) is 47.3 Å². The van der Waals surface area contributed by atoms with Crippen LogP contribution in [0.5, 0.6) is 0 Å². The van der Waals surface area contributed by atoms with E-state index in [1.54, 1.807) is 24.3 Å². The second-order valence-corrected chi connectivity index (χ2v) is 8.59. The minimum atomic E-state index is -4.37. The SMILES string of the molecule is CNC(CNC(=O)c1ccc(N2CCC(=Cc3ccccc3C(F)(F)F)CC2)nn1)C1CC1. The number of piperidine rings is 1. The van der Waals surface area contributed by atoms with Gasteiger partial charge in [0.2, 0.25) is 0 Å². The Hall–Kier alpha value is -2.94. The summed E-state index contributed by atoms with van der Waals surface area (Å²) in [5.41, 5.74) is 0.830. The van der Waals surface area contributed by atoms with Gasteiger partial charge >= 0.3 is 6.18 Å². The number of nitrogens with zero attached hydrogens (tertiary/aromatic N) is 3. The molecule has 6 nitrogen and oxygen atoms in total. The highest BCUT2D eigenvalue weighted by Crippen LogP contribution is 2.34. The number of aromatic nitrogens is 2. The molecule has 2 fully saturated rings. The number of hydrogen-bond donors (Lipinski definition) is 2. The van der Waals surface area contributed by atoms with Gasteiger partial charge in [-0.3, -0.25) is 4.79 Å². The predicted molar refractivity (Wildman–Crippen MR) is 121 cm³/mol. The summed E-state index contributed by atoms with van der Waals surface area (Å²) in [6.07, 6.45) is 0.948. The highest BCUT2D eigenvalue weighted by molar-refractivity contribution is 5.92. The summed E-state index contributed by atoms with van der Waals surface area (Å²) in [4.78, 5) is 14.4. The fourth-order valence-corrected chi connectivity index (χ4v) is 4.18. The maximum Gasteiger partial charge on any atom is 0.416 e. The van der Waals surface area contributed by atoms with Crippen LogP contribution >= 0.6 is 0 Å². The minimum Gasteiger partial charge on any atom is -0.354 e. The highest BCUT2D eigenvalue weighted by Gasteiger charge is 2.33. The molecule has 2 aliphatic rings. The predicted octanol–water partition coefficient (Wildman–Crippen LogP) is 3.91. The molecule has 1 saturated heterocycles. The summed E-state index contributed by atoms with van der Waals surface area (Å²) >= 11 is 0. The lowest BCUT2D eigenvalue weighted by molar-refractivity contribution is -0.137. The molecule has 0 radical (unpaired) electrons. The highest BCUT2D eigenvalue weighted by atomic mass is 19.4. The van der Waals surface area contributed by atoms with Gasteiger partial charge in [-0.2, -0.15) is 13.2 Å². The summed E-state index contributed by atoms with van der Waals surface area (Å²) in [7, 11) is 1.90. The van der Waals surface area contributed by atoms with Gasteiger partial charge in [0.15, 0.2) is 11.5 Å². The van der Waals surface area contributed by atoms with Crippen molar-refractivity contribution in [1.82, 2.24) is 20.8 Å². The first-order valence-electron chi connectivity index (χ1n) is 11.2. The number of likely N-dealkylation sites (N-methyl/N-ethyl adjacent to an activating group) is 1. The van der Waals surface area contributed by atoms with E-state index in [0.717, 1.165) is 11.6 Å². The number of rotatable bonds is 7. The first kappa shape index (κ1) is 23.2. The molecule has 0 spiro atoms. The van der Waals surface area contributed by atoms with Crippen molar-refractivity contribution in [3.8, 4) is 0 Å². The quantitative estimate of drug-likeness (QED) is 0.657. The van der Waals surface area contributed by atoms with Gasteiger partial charge in [0, 0.05) is 25.7 Å². The van der Waals surface area contributed by atoms with E-state index in [4.69, 9.17) is 0 Å². The Morgan fingerprint density at radius 1 is 1.15 bits per heavy atom. The van der Waals surface area contributed by atoms with Crippen molar-refractivity contribution in [2.75, 3.05) is 31.6 Å². The Morgan fingerprint density at radius 3 is 2.48 bits per heavy atom. The zero-order valence-electron chi connectivity index (χ0n) is 18.5. The van der Waals surface area contributed by atoms with Gasteiger partial charge < -0.3 is 15.5 Å². The lowest BCUT2D eigenvalue weighted by atomic mass is 9.98. The van der Waals surface area contributed by atoms with E-state index in [1.165, 1.54) is 25.0 Å². The standard InChI is InChI=1S/C24H28F3N5O/c1-28-21(17-6-7-17)15-29-23(33)20-8-9-22(31-30-20)32-12-10-16(11-13-32)14-18-4-2-3-5-19(18)24(25,26)27/h2-5,8-9,14,17,21,28H,6-7,10-13,15H2,1H3,(H,29,33). The van der Waals surface area contributed by atoms with E-state index in [1.807, 2.05) is 11.9 Å². The normalized spacial score (nSPS) is 17.6. The number of carbonyl (C=O) groups is 1. The number of hydrogen-bond acceptors (Lipinski definition) is 5. The van der Waals surface area contributed by atoms with Gasteiger partial charge in [0.25, 0.3) is 5.91 Å². The van der Waals surface area contributed by atoms with Gasteiger partial charge in [0.05, 0.1) is 5.56 Å². The first-order chi connectivity index (χ1) is 15.8. The largest absolute Gasteiger partial charge is 0.416 e. The number of halogens is 3. The van der Waals surface area contributed by atoms with Gasteiger partial charge in [-0.1, -0.05) is 29.8 Å². The van der Waals surface area contributed by atoms with Gasteiger partial charge in [-0.25, -0.2) is 0 Å². The van der Waals surface area contributed by atoms with Crippen LogP contribution in [-0.4, -0.2) is 48.8 Å². The molecule has 33 heavy (non-hydrogen) atoms. The third-order valence-corrected chi connectivity index (χ3v) is 6.28. The number of benzene rings is 1. The fourth-order valence-electron chi connectivity index (χ4n) is 4.18. The van der Waals surface area contributed by atoms with Crippen LogP contribution in [0, 0.1) is 5.92 Å². The smallest absolute Gasteiger partial charge is 0.354 e. The van der Waals surface area contributed by atoms with Crippen LogP contribution in [0.2, 0.25) is 0 Å². The van der Waals surface area contributed by atoms with Crippen LogP contribution in [-0.2, 0) is 6.18 Å². The number of nitrogens with one attached hydrogen (secondary N) is 2. The summed E-state index contributed by atoms with van der Waals surface area (Å²) in [5, 5.41) is 14.4. The van der Waals surface area contributed by atoms with Crippen molar-refractivity contribution in [2.24, 2.45) is 5.92 Å². The summed E-state index contributed by atoms with van der Waals surface area (Å²) < 4.78 is 39.7. The van der Waals surface area contributed by atoms with E-state index in [9.17, 15) is 18.0 Å². The van der Waals surface area contributed by atoms with Gasteiger partial charge in [-0.05, 0) is 62.4 Å². The van der Waals surface area contributed by atoms with Gasteiger partial charge in [0.1, 0.15) is 0 Å². The topological polar surface area (TPSA) is 70.2 Å². The zero-order valence-corrected chi connectivity index (χ0v) is 18.5. The Bertz CT molecular complexity index is 992. The molecular weight excluding hydrogens is 431 g/mol. The molecule has 1 aromatic heterocycles. The molecule has 1 aromatic carbocycles. The molecule has 1 aliphatic heterocycles. The number of alkyl halides is 3. The molecule has 4 rings (SSSR count). The second-order valence-electron chi connectivity index (χ2n) is 8.59. The van der Waals surface area contributed by atoms with Crippen LogP contribution in [0.15, 0.2) is 42.0 Å². The van der Waals surface area contributed by atoms with Crippen LogP contribution in [0.4, 0.5) is 19.0 Å². The average molecular weight is 460 g/mol. The third kappa shape index (κ3) is 5.90. The van der Waals surface area contributed by atoms with Crippen molar-refractivity contribution < 1.29 is 18.0 Å². The summed E-state index contributed by atoms with van der Waals surface area (Å²) in [6.45, 7) is 1.82. The number of carbonyl (C=O) groups excluding carboxylic acids is 1. The number of amides is 1. The van der Waals surface area contributed by atoms with Crippen LogP contribution in [0.25, 0.3) is 6.08 Å². The maximum atomic E-state index is 13.2. The van der Waals surface area contributed by atoms with Crippen molar-refractivity contribution in [3.05, 3.63) is 58.8 Å². The van der Waals surface area contributed by atoms with E-state index in [0.29, 0.717) is 44.2 Å². The zero-order chi connectivity index (χ0) is 23.4. The van der Waals surface area contributed by atoms with E-state index < -0.39 is 11.7 Å². The molecule has 2 heterocycles. The van der Waals surface area contributed by atoms with Crippen LogP contribution < -0.4 is 15.5 Å². The Balaban J connectivity index is 1.33. The summed E-state index contributed by atoms with van der Waals surface area (Å²) in [6, 6.07) is 9.34. The van der Waals surface area contributed by atoms with E-state index in [-0.39, 0.29) is 23.2 Å². The minimum absolute atomic E-state index is 0.200.